The lowest BCUT2D eigenvalue weighted by Gasteiger charge is -2.11. The minimum atomic E-state index is 0.607. The Balaban J connectivity index is 2.35. The van der Waals surface area contributed by atoms with Crippen LogP contribution in [0.5, 0.6) is 5.75 Å². The summed E-state index contributed by atoms with van der Waals surface area (Å²) in [6.45, 7) is 2.06. The summed E-state index contributed by atoms with van der Waals surface area (Å²) >= 11 is 0. The number of benzene rings is 2. The lowest BCUT2D eigenvalue weighted by atomic mass is 9.97. The predicted octanol–water partition coefficient (Wildman–Crippen LogP) is 4.09. The van der Waals surface area contributed by atoms with Gasteiger partial charge in [0.15, 0.2) is 0 Å². The molecule has 1 aromatic heterocycles. The second-order valence-corrected chi connectivity index (χ2v) is 4.94. The first-order chi connectivity index (χ1) is 10.2. The molecule has 3 heteroatoms. The Bertz CT molecular complexity index is 863. The lowest BCUT2D eigenvalue weighted by Crippen LogP contribution is -1.91. The molecule has 3 rings (SSSR count). The molecule has 0 fully saturated rings. The van der Waals surface area contributed by atoms with Crippen molar-refractivity contribution in [2.75, 3.05) is 7.11 Å². The van der Waals surface area contributed by atoms with Gasteiger partial charge in [-0.1, -0.05) is 23.8 Å². The summed E-state index contributed by atoms with van der Waals surface area (Å²) in [5.74, 6) is 0.741. The smallest absolute Gasteiger partial charge is 0.126 e. The zero-order valence-corrected chi connectivity index (χ0v) is 11.9. The van der Waals surface area contributed by atoms with Gasteiger partial charge in [0.1, 0.15) is 5.75 Å². The number of nitriles is 1. The van der Waals surface area contributed by atoms with Gasteiger partial charge >= 0.3 is 0 Å². The number of ether oxygens (including phenoxy) is 1. The zero-order valence-electron chi connectivity index (χ0n) is 11.9. The van der Waals surface area contributed by atoms with Crippen molar-refractivity contribution >= 4 is 10.8 Å². The Labute approximate surface area is 123 Å². The Kier molecular flexibility index (Phi) is 3.29. The molecule has 21 heavy (non-hydrogen) atoms. The van der Waals surface area contributed by atoms with Crippen LogP contribution in [0.3, 0.4) is 0 Å². The molecular weight excluding hydrogens is 260 g/mol. The molecule has 3 aromatic rings. The van der Waals surface area contributed by atoms with Crippen LogP contribution in [0.25, 0.3) is 21.9 Å². The quantitative estimate of drug-likeness (QED) is 0.707. The lowest BCUT2D eigenvalue weighted by molar-refractivity contribution is 0.416. The number of aromatic nitrogens is 1. The Morgan fingerprint density at radius 1 is 1.05 bits per heavy atom. The van der Waals surface area contributed by atoms with E-state index in [9.17, 15) is 0 Å². The molecule has 0 aliphatic rings. The molecule has 0 aliphatic heterocycles. The van der Waals surface area contributed by atoms with E-state index in [2.05, 4.69) is 36.2 Å². The summed E-state index contributed by atoms with van der Waals surface area (Å²) in [5, 5.41) is 11.3. The largest absolute Gasteiger partial charge is 0.496 e. The molecule has 0 aliphatic carbocycles. The van der Waals surface area contributed by atoms with Gasteiger partial charge in [0.2, 0.25) is 0 Å². The van der Waals surface area contributed by atoms with E-state index in [-0.39, 0.29) is 0 Å². The molecule has 0 unspecified atom stereocenters. The Hall–Kier alpha value is -2.86. The van der Waals surface area contributed by atoms with Crippen LogP contribution >= 0.6 is 0 Å². The van der Waals surface area contributed by atoms with E-state index in [0.29, 0.717) is 5.56 Å². The highest BCUT2D eigenvalue weighted by molar-refractivity contribution is 5.97. The molecule has 0 atom stereocenters. The number of methoxy groups -OCH3 is 1. The number of aryl methyl sites for hydroxylation is 1. The van der Waals surface area contributed by atoms with Crippen LogP contribution < -0.4 is 4.74 Å². The average molecular weight is 274 g/mol. The van der Waals surface area contributed by atoms with E-state index in [1.54, 1.807) is 13.2 Å². The Morgan fingerprint density at radius 2 is 1.90 bits per heavy atom. The molecule has 1 heterocycles. The van der Waals surface area contributed by atoms with Crippen molar-refractivity contribution < 1.29 is 4.74 Å². The van der Waals surface area contributed by atoms with E-state index >= 15 is 0 Å². The van der Waals surface area contributed by atoms with Gasteiger partial charge in [0.25, 0.3) is 0 Å². The molecule has 2 aromatic carbocycles. The summed E-state index contributed by atoms with van der Waals surface area (Å²) in [4.78, 5) is 4.31. The molecule has 0 saturated carbocycles. The van der Waals surface area contributed by atoms with Crippen molar-refractivity contribution in [3.05, 3.63) is 59.9 Å². The number of nitrogens with zero attached hydrogens (tertiary/aromatic N) is 2. The molecule has 3 nitrogen and oxygen atoms in total. The van der Waals surface area contributed by atoms with Gasteiger partial charge in [-0.25, -0.2) is 0 Å². The maximum Gasteiger partial charge on any atom is 0.126 e. The fraction of sp³-hybridized carbons (Fsp3) is 0.111. The Morgan fingerprint density at radius 3 is 2.67 bits per heavy atom. The topological polar surface area (TPSA) is 45.9 Å². The van der Waals surface area contributed by atoms with Gasteiger partial charge < -0.3 is 4.74 Å². The molecule has 0 saturated heterocycles. The van der Waals surface area contributed by atoms with Crippen molar-refractivity contribution in [1.82, 2.24) is 4.98 Å². The van der Waals surface area contributed by atoms with Gasteiger partial charge in [-0.15, -0.1) is 0 Å². The van der Waals surface area contributed by atoms with Gasteiger partial charge in [-0.2, -0.15) is 5.26 Å². The number of hydrogen-bond donors (Lipinski definition) is 0. The fourth-order valence-electron chi connectivity index (χ4n) is 2.48. The summed E-state index contributed by atoms with van der Waals surface area (Å²) in [5.41, 5.74) is 3.66. The third-order valence-corrected chi connectivity index (χ3v) is 3.53. The second-order valence-electron chi connectivity index (χ2n) is 4.94. The molecule has 0 spiro atoms. The van der Waals surface area contributed by atoms with Crippen LogP contribution in [0.2, 0.25) is 0 Å². The highest BCUT2D eigenvalue weighted by atomic mass is 16.5. The van der Waals surface area contributed by atoms with Crippen LogP contribution in [0.15, 0.2) is 48.8 Å². The molecule has 0 radical (unpaired) electrons. The van der Waals surface area contributed by atoms with Gasteiger partial charge in [0.05, 0.1) is 18.7 Å². The van der Waals surface area contributed by atoms with E-state index in [1.165, 1.54) is 5.56 Å². The summed E-state index contributed by atoms with van der Waals surface area (Å²) in [6, 6.07) is 13.8. The predicted molar refractivity (Wildman–Crippen MR) is 83.2 cm³/mol. The van der Waals surface area contributed by atoms with Crippen LogP contribution in [0.4, 0.5) is 0 Å². The monoisotopic (exact) mass is 274 g/mol. The number of fused-ring (bicyclic) bond motifs is 1. The highest BCUT2D eigenvalue weighted by Crippen LogP contribution is 2.35. The van der Waals surface area contributed by atoms with E-state index in [4.69, 9.17) is 10.00 Å². The van der Waals surface area contributed by atoms with Crippen molar-refractivity contribution in [2.24, 2.45) is 0 Å². The summed E-state index contributed by atoms with van der Waals surface area (Å²) in [7, 11) is 1.63. The summed E-state index contributed by atoms with van der Waals surface area (Å²) < 4.78 is 5.44. The molecule has 102 valence electrons. The highest BCUT2D eigenvalue weighted by Gasteiger charge is 2.11. The molecular formula is C18H14N2O. The van der Waals surface area contributed by atoms with Crippen LogP contribution in [0, 0.1) is 18.3 Å². The van der Waals surface area contributed by atoms with Crippen LogP contribution in [0.1, 0.15) is 11.1 Å². The molecule has 0 bridgehead atoms. The van der Waals surface area contributed by atoms with E-state index in [0.717, 1.165) is 27.6 Å². The zero-order chi connectivity index (χ0) is 14.8. The van der Waals surface area contributed by atoms with Crippen molar-refractivity contribution in [2.45, 2.75) is 6.92 Å². The first-order valence-electron chi connectivity index (χ1n) is 6.66. The molecule has 0 amide bonds. The van der Waals surface area contributed by atoms with Crippen molar-refractivity contribution in [3.8, 4) is 22.9 Å². The van der Waals surface area contributed by atoms with E-state index < -0.39 is 0 Å². The number of pyridine rings is 1. The van der Waals surface area contributed by atoms with Crippen LogP contribution in [-0.2, 0) is 0 Å². The number of hydrogen-bond acceptors (Lipinski definition) is 3. The normalized spacial score (nSPS) is 10.3. The van der Waals surface area contributed by atoms with E-state index in [1.807, 2.05) is 24.5 Å². The van der Waals surface area contributed by atoms with Crippen molar-refractivity contribution in [1.29, 1.82) is 5.26 Å². The van der Waals surface area contributed by atoms with Gasteiger partial charge in [-0.3, -0.25) is 4.98 Å². The molecule has 0 N–H and O–H groups in total. The minimum Gasteiger partial charge on any atom is -0.496 e. The summed E-state index contributed by atoms with van der Waals surface area (Å²) in [6.07, 6.45) is 3.67. The maximum absolute atomic E-state index is 9.12. The average Bonchev–Trinajstić information content (AvgIpc) is 2.53. The first kappa shape index (κ1) is 13.1. The van der Waals surface area contributed by atoms with Crippen molar-refractivity contribution in [3.63, 3.8) is 0 Å². The van der Waals surface area contributed by atoms with Gasteiger partial charge in [0, 0.05) is 28.9 Å². The van der Waals surface area contributed by atoms with Gasteiger partial charge in [-0.05, 0) is 30.5 Å². The van der Waals surface area contributed by atoms with Crippen LogP contribution in [-0.4, -0.2) is 12.1 Å². The standard InChI is InChI=1S/C18H14N2O/c1-12-3-5-14-10-20-11-17(15(14)7-12)16-8-13(9-19)4-6-18(16)21-2/h3-8,10-11H,1-2H3. The third-order valence-electron chi connectivity index (χ3n) is 3.53. The SMILES string of the molecule is COc1ccc(C#N)cc1-c1cncc2ccc(C)cc12. The maximum atomic E-state index is 9.12. The number of rotatable bonds is 2. The second kappa shape index (κ2) is 5.26. The minimum absolute atomic E-state index is 0.607. The third kappa shape index (κ3) is 2.32. The fourth-order valence-corrected chi connectivity index (χ4v) is 2.48. The first-order valence-corrected chi connectivity index (χ1v) is 6.66.